The molecule has 5 nitrogen and oxygen atoms in total. The monoisotopic (exact) mass is 287 g/mol. The van der Waals surface area contributed by atoms with E-state index in [0.29, 0.717) is 11.6 Å². The van der Waals surface area contributed by atoms with Gasteiger partial charge in [0, 0.05) is 37.7 Å². The highest BCUT2D eigenvalue weighted by molar-refractivity contribution is 6.33. The molecule has 0 saturated carbocycles. The summed E-state index contributed by atoms with van der Waals surface area (Å²) in [5, 5.41) is 8.22. The number of hydrogen-bond acceptors (Lipinski definition) is 3. The lowest BCUT2D eigenvalue weighted by molar-refractivity contribution is 0.767. The summed E-state index contributed by atoms with van der Waals surface area (Å²) in [7, 11) is 1.90. The summed E-state index contributed by atoms with van der Waals surface area (Å²) in [6, 6.07) is 5.79. The second kappa shape index (κ2) is 5.38. The number of aromatic nitrogens is 4. The van der Waals surface area contributed by atoms with Crippen LogP contribution < -0.4 is 5.32 Å². The van der Waals surface area contributed by atoms with E-state index in [4.69, 9.17) is 11.6 Å². The Bertz CT molecular complexity index is 702. The maximum absolute atomic E-state index is 6.30. The number of benzene rings is 1. The molecule has 1 aromatic carbocycles. The van der Waals surface area contributed by atoms with Crippen LogP contribution in [0.2, 0.25) is 5.02 Å². The minimum atomic E-state index is 0.680. The van der Waals surface area contributed by atoms with E-state index in [1.807, 2.05) is 48.4 Å². The highest BCUT2D eigenvalue weighted by Crippen LogP contribution is 2.28. The van der Waals surface area contributed by atoms with Gasteiger partial charge in [0.05, 0.1) is 28.9 Å². The van der Waals surface area contributed by atoms with Gasteiger partial charge in [-0.15, -0.1) is 0 Å². The Kier molecular flexibility index (Phi) is 3.43. The van der Waals surface area contributed by atoms with Gasteiger partial charge >= 0.3 is 0 Å². The standard InChI is InChI=1S/C14H14ClN5/c1-19-9-11(8-18-19)7-17-13-4-2-3-12(15)14(13)20-6-5-16-10-20/h2-6,8-10,17H,7H2,1H3. The third kappa shape index (κ3) is 2.53. The van der Waals surface area contributed by atoms with Crippen LogP contribution >= 0.6 is 11.6 Å². The van der Waals surface area contributed by atoms with Crippen molar-refractivity contribution in [3.8, 4) is 5.69 Å². The molecule has 0 saturated heterocycles. The number of para-hydroxylation sites is 1. The van der Waals surface area contributed by atoms with Gasteiger partial charge in [0.25, 0.3) is 0 Å². The third-order valence-electron chi connectivity index (χ3n) is 2.99. The molecule has 0 aliphatic carbocycles. The first-order valence-electron chi connectivity index (χ1n) is 6.22. The van der Waals surface area contributed by atoms with E-state index in [0.717, 1.165) is 16.9 Å². The van der Waals surface area contributed by atoms with Crippen molar-refractivity contribution in [2.45, 2.75) is 6.54 Å². The van der Waals surface area contributed by atoms with Crippen molar-refractivity contribution >= 4 is 17.3 Å². The van der Waals surface area contributed by atoms with E-state index in [2.05, 4.69) is 15.4 Å². The van der Waals surface area contributed by atoms with Crippen molar-refractivity contribution in [2.75, 3.05) is 5.32 Å². The summed E-state index contributed by atoms with van der Waals surface area (Å²) in [6.45, 7) is 0.690. The van der Waals surface area contributed by atoms with Crippen molar-refractivity contribution in [3.05, 3.63) is 59.9 Å². The third-order valence-corrected chi connectivity index (χ3v) is 3.30. The summed E-state index contributed by atoms with van der Waals surface area (Å²) < 4.78 is 3.68. The van der Waals surface area contributed by atoms with Crippen LogP contribution in [-0.2, 0) is 13.6 Å². The molecule has 3 rings (SSSR count). The second-order valence-electron chi connectivity index (χ2n) is 4.48. The molecule has 0 fully saturated rings. The first kappa shape index (κ1) is 12.7. The van der Waals surface area contributed by atoms with E-state index in [9.17, 15) is 0 Å². The number of anilines is 1. The fourth-order valence-electron chi connectivity index (χ4n) is 2.07. The van der Waals surface area contributed by atoms with Crippen molar-refractivity contribution in [1.29, 1.82) is 0 Å². The van der Waals surface area contributed by atoms with Crippen LogP contribution in [0.5, 0.6) is 0 Å². The van der Waals surface area contributed by atoms with Crippen LogP contribution in [0.15, 0.2) is 49.3 Å². The maximum Gasteiger partial charge on any atom is 0.0992 e. The zero-order valence-electron chi connectivity index (χ0n) is 11.0. The average molecular weight is 288 g/mol. The smallest absolute Gasteiger partial charge is 0.0992 e. The molecule has 102 valence electrons. The molecule has 0 amide bonds. The minimum absolute atomic E-state index is 0.680. The van der Waals surface area contributed by atoms with Crippen LogP contribution in [0.4, 0.5) is 5.69 Å². The van der Waals surface area contributed by atoms with Gasteiger partial charge in [-0.05, 0) is 12.1 Å². The summed E-state index contributed by atoms with van der Waals surface area (Å²) >= 11 is 6.30. The second-order valence-corrected chi connectivity index (χ2v) is 4.89. The molecular formula is C14H14ClN5. The highest BCUT2D eigenvalue weighted by Gasteiger charge is 2.09. The van der Waals surface area contributed by atoms with Gasteiger partial charge in [0.15, 0.2) is 0 Å². The zero-order valence-corrected chi connectivity index (χ0v) is 11.7. The molecule has 0 atom stereocenters. The van der Waals surface area contributed by atoms with Gasteiger partial charge in [-0.2, -0.15) is 5.10 Å². The Hall–Kier alpha value is -2.27. The number of nitrogens with zero attached hydrogens (tertiary/aromatic N) is 4. The first-order chi connectivity index (χ1) is 9.74. The Labute approximate surface area is 121 Å². The fourth-order valence-corrected chi connectivity index (χ4v) is 2.34. The van der Waals surface area contributed by atoms with E-state index in [-0.39, 0.29) is 0 Å². The lowest BCUT2D eigenvalue weighted by Gasteiger charge is -2.13. The number of imidazole rings is 1. The van der Waals surface area contributed by atoms with Crippen LogP contribution in [-0.4, -0.2) is 19.3 Å². The number of nitrogens with one attached hydrogen (secondary N) is 1. The molecular weight excluding hydrogens is 274 g/mol. The molecule has 20 heavy (non-hydrogen) atoms. The molecule has 1 N–H and O–H groups in total. The Morgan fingerprint density at radius 3 is 2.95 bits per heavy atom. The van der Waals surface area contributed by atoms with Gasteiger partial charge < -0.3 is 9.88 Å². The minimum Gasteiger partial charge on any atom is -0.379 e. The summed E-state index contributed by atoms with van der Waals surface area (Å²) in [4.78, 5) is 4.07. The summed E-state index contributed by atoms with van der Waals surface area (Å²) in [5.41, 5.74) is 2.97. The van der Waals surface area contributed by atoms with Gasteiger partial charge in [-0.3, -0.25) is 4.68 Å². The molecule has 6 heteroatoms. The number of halogens is 1. The van der Waals surface area contributed by atoms with Crippen molar-refractivity contribution in [1.82, 2.24) is 19.3 Å². The van der Waals surface area contributed by atoms with Crippen molar-refractivity contribution in [2.24, 2.45) is 7.05 Å². The van der Waals surface area contributed by atoms with Crippen LogP contribution in [0.3, 0.4) is 0 Å². The number of aryl methyl sites for hydroxylation is 1. The number of rotatable bonds is 4. The zero-order chi connectivity index (χ0) is 13.9. The Balaban J connectivity index is 1.88. The van der Waals surface area contributed by atoms with Gasteiger partial charge in [-0.1, -0.05) is 17.7 Å². The molecule has 0 aliphatic heterocycles. The average Bonchev–Trinajstić information content (AvgIpc) is 3.08. The topological polar surface area (TPSA) is 47.7 Å². The lowest BCUT2D eigenvalue weighted by Crippen LogP contribution is -2.03. The van der Waals surface area contributed by atoms with Crippen molar-refractivity contribution < 1.29 is 0 Å². The first-order valence-corrected chi connectivity index (χ1v) is 6.60. The van der Waals surface area contributed by atoms with E-state index in [1.165, 1.54) is 0 Å². The van der Waals surface area contributed by atoms with E-state index >= 15 is 0 Å². The Morgan fingerprint density at radius 2 is 2.25 bits per heavy atom. The molecule has 0 aliphatic rings. The maximum atomic E-state index is 6.30. The molecule has 2 heterocycles. The Morgan fingerprint density at radius 1 is 1.35 bits per heavy atom. The molecule has 2 aromatic heterocycles. The molecule has 0 bridgehead atoms. The molecule has 0 radical (unpaired) electrons. The quantitative estimate of drug-likeness (QED) is 0.803. The van der Waals surface area contributed by atoms with Crippen LogP contribution in [0, 0.1) is 0 Å². The summed E-state index contributed by atoms with van der Waals surface area (Å²) in [5.74, 6) is 0. The van der Waals surface area contributed by atoms with E-state index < -0.39 is 0 Å². The predicted octanol–water partition coefficient (Wildman–Crippen LogP) is 2.87. The highest BCUT2D eigenvalue weighted by atomic mass is 35.5. The predicted molar refractivity (Wildman–Crippen MR) is 79.1 cm³/mol. The largest absolute Gasteiger partial charge is 0.379 e. The molecule has 0 spiro atoms. The van der Waals surface area contributed by atoms with Gasteiger partial charge in [-0.25, -0.2) is 4.98 Å². The fraction of sp³-hybridized carbons (Fsp3) is 0.143. The SMILES string of the molecule is Cn1cc(CNc2cccc(Cl)c2-n2ccnc2)cn1. The molecule has 3 aromatic rings. The van der Waals surface area contributed by atoms with Gasteiger partial charge in [0.1, 0.15) is 0 Å². The van der Waals surface area contributed by atoms with Crippen LogP contribution in [0.1, 0.15) is 5.56 Å². The van der Waals surface area contributed by atoms with E-state index in [1.54, 1.807) is 17.2 Å². The summed E-state index contributed by atoms with van der Waals surface area (Å²) in [6.07, 6.45) is 9.16. The van der Waals surface area contributed by atoms with Crippen LogP contribution in [0.25, 0.3) is 5.69 Å². The normalized spacial score (nSPS) is 10.7. The number of hydrogen-bond donors (Lipinski definition) is 1. The van der Waals surface area contributed by atoms with Gasteiger partial charge in [0.2, 0.25) is 0 Å². The van der Waals surface area contributed by atoms with Crippen molar-refractivity contribution in [3.63, 3.8) is 0 Å². The lowest BCUT2D eigenvalue weighted by atomic mass is 10.2. The molecule has 0 unspecified atom stereocenters.